The van der Waals surface area contributed by atoms with Crippen molar-refractivity contribution >= 4 is 0 Å². The Labute approximate surface area is 76.7 Å². The SMILES string of the molecule is CC(C)C(C)(C)C1CC2CCC21. The average Bonchev–Trinajstić information content (AvgIpc) is 1.94. The van der Waals surface area contributed by atoms with Crippen LogP contribution in [0.25, 0.3) is 0 Å². The average molecular weight is 166 g/mol. The second-order valence-electron chi connectivity index (χ2n) is 5.82. The molecule has 0 heteroatoms. The zero-order chi connectivity index (χ0) is 8.93. The Morgan fingerprint density at radius 1 is 1.17 bits per heavy atom. The van der Waals surface area contributed by atoms with Crippen LogP contribution in [0, 0.1) is 29.1 Å². The molecule has 0 aromatic rings. The molecule has 2 aliphatic rings. The van der Waals surface area contributed by atoms with E-state index in [0.717, 1.165) is 23.7 Å². The summed E-state index contributed by atoms with van der Waals surface area (Å²) >= 11 is 0. The number of hydrogen-bond donors (Lipinski definition) is 0. The van der Waals surface area contributed by atoms with Gasteiger partial charge in [-0.2, -0.15) is 0 Å². The lowest BCUT2D eigenvalue weighted by molar-refractivity contribution is -0.105. The van der Waals surface area contributed by atoms with Crippen molar-refractivity contribution in [1.82, 2.24) is 0 Å². The molecule has 2 rings (SSSR count). The summed E-state index contributed by atoms with van der Waals surface area (Å²) in [6, 6.07) is 0. The molecular weight excluding hydrogens is 144 g/mol. The summed E-state index contributed by atoms with van der Waals surface area (Å²) in [6.07, 6.45) is 4.61. The van der Waals surface area contributed by atoms with E-state index in [-0.39, 0.29) is 0 Å². The monoisotopic (exact) mass is 166 g/mol. The maximum absolute atomic E-state index is 2.47. The molecule has 0 bridgehead atoms. The normalized spacial score (nSPS) is 40.2. The predicted molar refractivity (Wildman–Crippen MR) is 52.9 cm³/mol. The minimum atomic E-state index is 0.599. The first kappa shape index (κ1) is 8.59. The molecule has 0 aliphatic heterocycles. The summed E-state index contributed by atoms with van der Waals surface area (Å²) in [5.74, 6) is 4.18. The Morgan fingerprint density at radius 3 is 2.08 bits per heavy atom. The van der Waals surface area contributed by atoms with E-state index in [9.17, 15) is 0 Å². The first-order valence-corrected chi connectivity index (χ1v) is 5.53. The van der Waals surface area contributed by atoms with Gasteiger partial charge in [0.25, 0.3) is 0 Å². The van der Waals surface area contributed by atoms with E-state index in [1.807, 2.05) is 0 Å². The van der Waals surface area contributed by atoms with Crippen LogP contribution in [-0.4, -0.2) is 0 Å². The molecule has 0 nitrogen and oxygen atoms in total. The van der Waals surface area contributed by atoms with Crippen molar-refractivity contribution < 1.29 is 0 Å². The Hall–Kier alpha value is 0. The van der Waals surface area contributed by atoms with Crippen molar-refractivity contribution in [3.63, 3.8) is 0 Å². The van der Waals surface area contributed by atoms with E-state index in [4.69, 9.17) is 0 Å². The Balaban J connectivity index is 2.00. The highest BCUT2D eigenvalue weighted by Crippen LogP contribution is 2.61. The number of hydrogen-bond acceptors (Lipinski definition) is 0. The summed E-state index contributed by atoms with van der Waals surface area (Å²) in [7, 11) is 0. The van der Waals surface area contributed by atoms with Crippen LogP contribution in [0.5, 0.6) is 0 Å². The molecule has 0 spiro atoms. The fraction of sp³-hybridized carbons (Fsp3) is 1.00. The van der Waals surface area contributed by atoms with Gasteiger partial charge < -0.3 is 0 Å². The Morgan fingerprint density at radius 2 is 1.83 bits per heavy atom. The van der Waals surface area contributed by atoms with Crippen LogP contribution in [0.15, 0.2) is 0 Å². The van der Waals surface area contributed by atoms with Gasteiger partial charge in [-0.1, -0.05) is 27.7 Å². The second-order valence-corrected chi connectivity index (χ2v) is 5.82. The second kappa shape index (κ2) is 2.49. The third-order valence-electron chi connectivity index (χ3n) is 4.99. The van der Waals surface area contributed by atoms with Gasteiger partial charge in [0.15, 0.2) is 0 Å². The predicted octanol–water partition coefficient (Wildman–Crippen LogP) is 3.71. The molecule has 0 amide bonds. The maximum atomic E-state index is 2.47. The summed E-state index contributed by atoms with van der Waals surface area (Å²) < 4.78 is 0. The Bertz CT molecular complexity index is 178. The third-order valence-corrected chi connectivity index (χ3v) is 4.99. The van der Waals surface area contributed by atoms with Crippen LogP contribution in [0.1, 0.15) is 47.0 Å². The number of rotatable bonds is 2. The maximum Gasteiger partial charge on any atom is -0.0300 e. The van der Waals surface area contributed by atoms with Crippen LogP contribution in [-0.2, 0) is 0 Å². The fourth-order valence-corrected chi connectivity index (χ4v) is 3.01. The molecule has 0 aromatic carbocycles. The van der Waals surface area contributed by atoms with E-state index >= 15 is 0 Å². The zero-order valence-electron chi connectivity index (χ0n) is 8.93. The van der Waals surface area contributed by atoms with Crippen LogP contribution < -0.4 is 0 Å². The quantitative estimate of drug-likeness (QED) is 0.586. The summed E-state index contributed by atoms with van der Waals surface area (Å²) in [5.41, 5.74) is 0.599. The molecule has 0 aromatic heterocycles. The van der Waals surface area contributed by atoms with E-state index in [1.165, 1.54) is 19.3 Å². The van der Waals surface area contributed by atoms with Gasteiger partial charge in [0.05, 0.1) is 0 Å². The smallest absolute Gasteiger partial charge is 0.0300 e. The van der Waals surface area contributed by atoms with Crippen LogP contribution in [0.4, 0.5) is 0 Å². The summed E-state index contributed by atoms with van der Waals surface area (Å²) in [6.45, 7) is 9.70. The highest BCUT2D eigenvalue weighted by Gasteiger charge is 2.53. The van der Waals surface area contributed by atoms with Gasteiger partial charge in [-0.3, -0.25) is 0 Å². The van der Waals surface area contributed by atoms with E-state index in [1.54, 1.807) is 0 Å². The molecule has 2 fully saturated rings. The lowest BCUT2D eigenvalue weighted by Crippen LogP contribution is -2.52. The van der Waals surface area contributed by atoms with E-state index in [0.29, 0.717) is 5.41 Å². The van der Waals surface area contributed by atoms with Gasteiger partial charge in [0.2, 0.25) is 0 Å². The van der Waals surface area contributed by atoms with Crippen molar-refractivity contribution in [3.8, 4) is 0 Å². The standard InChI is InChI=1S/C12H22/c1-8(2)12(3,4)11-7-9-5-6-10(9)11/h8-11H,5-7H2,1-4H3. The van der Waals surface area contributed by atoms with Gasteiger partial charge in [-0.25, -0.2) is 0 Å². The van der Waals surface area contributed by atoms with Gasteiger partial charge in [-0.05, 0) is 48.3 Å². The minimum Gasteiger partial charge on any atom is -0.0623 e. The van der Waals surface area contributed by atoms with Gasteiger partial charge in [-0.15, -0.1) is 0 Å². The van der Waals surface area contributed by atoms with Crippen LogP contribution in [0.2, 0.25) is 0 Å². The molecule has 0 N–H and O–H groups in total. The lowest BCUT2D eigenvalue weighted by Gasteiger charge is -2.60. The van der Waals surface area contributed by atoms with Crippen molar-refractivity contribution in [2.24, 2.45) is 29.1 Å². The Kier molecular flexibility index (Phi) is 1.79. The van der Waals surface area contributed by atoms with Crippen molar-refractivity contribution in [2.75, 3.05) is 0 Å². The molecule has 3 unspecified atom stereocenters. The van der Waals surface area contributed by atoms with Crippen molar-refractivity contribution in [3.05, 3.63) is 0 Å². The molecule has 0 radical (unpaired) electrons. The van der Waals surface area contributed by atoms with E-state index in [2.05, 4.69) is 27.7 Å². The minimum absolute atomic E-state index is 0.599. The van der Waals surface area contributed by atoms with Crippen molar-refractivity contribution in [2.45, 2.75) is 47.0 Å². The first-order valence-electron chi connectivity index (χ1n) is 5.53. The summed E-state index contributed by atoms with van der Waals surface area (Å²) in [4.78, 5) is 0. The van der Waals surface area contributed by atoms with Gasteiger partial charge in [0.1, 0.15) is 0 Å². The van der Waals surface area contributed by atoms with Crippen LogP contribution in [0.3, 0.4) is 0 Å². The molecule has 2 saturated carbocycles. The molecule has 12 heavy (non-hydrogen) atoms. The number of fused-ring (bicyclic) bond motifs is 1. The molecule has 3 atom stereocenters. The molecule has 0 heterocycles. The van der Waals surface area contributed by atoms with Gasteiger partial charge in [0, 0.05) is 0 Å². The fourth-order valence-electron chi connectivity index (χ4n) is 3.01. The topological polar surface area (TPSA) is 0 Å². The summed E-state index contributed by atoms with van der Waals surface area (Å²) in [5, 5.41) is 0. The highest BCUT2D eigenvalue weighted by atomic mass is 14.6. The lowest BCUT2D eigenvalue weighted by atomic mass is 9.45. The largest absolute Gasteiger partial charge is 0.0623 e. The van der Waals surface area contributed by atoms with Gasteiger partial charge >= 0.3 is 0 Å². The molecule has 0 saturated heterocycles. The van der Waals surface area contributed by atoms with E-state index < -0.39 is 0 Å². The molecule has 70 valence electrons. The molecule has 2 aliphatic carbocycles. The zero-order valence-corrected chi connectivity index (χ0v) is 8.93. The third kappa shape index (κ3) is 0.963. The van der Waals surface area contributed by atoms with Crippen LogP contribution >= 0.6 is 0 Å². The highest BCUT2D eigenvalue weighted by molar-refractivity contribution is 5.02. The van der Waals surface area contributed by atoms with Crippen molar-refractivity contribution in [1.29, 1.82) is 0 Å². The first-order chi connectivity index (χ1) is 5.53. The molecular formula is C12H22.